The van der Waals surface area contributed by atoms with Gasteiger partial charge in [-0.1, -0.05) is 113 Å². The fourth-order valence-electron chi connectivity index (χ4n) is 8.19. The lowest BCUT2D eigenvalue weighted by Gasteiger charge is -2.44. The molecule has 1 aliphatic heterocycles. The van der Waals surface area contributed by atoms with E-state index in [1.807, 2.05) is 38.7 Å². The van der Waals surface area contributed by atoms with Gasteiger partial charge in [-0.3, -0.25) is 18.4 Å². The number of amides is 1. The topological polar surface area (TPSA) is 180 Å². The van der Waals surface area contributed by atoms with Crippen molar-refractivity contribution in [1.29, 1.82) is 0 Å². The van der Waals surface area contributed by atoms with Crippen molar-refractivity contribution in [3.63, 3.8) is 0 Å². The van der Waals surface area contributed by atoms with Gasteiger partial charge in [0.25, 0.3) is 0 Å². The predicted molar refractivity (Wildman–Crippen MR) is 283 cm³/mol. The van der Waals surface area contributed by atoms with Crippen molar-refractivity contribution in [2.24, 2.45) is 17.8 Å². The van der Waals surface area contributed by atoms with E-state index < -0.39 is 64.7 Å². The average molecular weight is 1040 g/mol. The van der Waals surface area contributed by atoms with Crippen molar-refractivity contribution in [2.75, 3.05) is 33.0 Å². The fourth-order valence-corrected chi connectivity index (χ4v) is 11.0. The fraction of sp³-hybridized carbons (Fsp3) is 0.564. The molecule has 1 aromatic carbocycles. The molecule has 400 valence electrons. The van der Waals surface area contributed by atoms with Gasteiger partial charge in [-0.25, -0.2) is 18.9 Å². The Morgan fingerprint density at radius 1 is 0.958 bits per heavy atom. The molecule has 1 N–H and O–H groups in total. The van der Waals surface area contributed by atoms with Crippen LogP contribution in [-0.4, -0.2) is 95.3 Å². The number of phosphoric ester groups is 1. The summed E-state index contributed by atoms with van der Waals surface area (Å²) in [5.41, 5.74) is -1.62. The van der Waals surface area contributed by atoms with Gasteiger partial charge in [0.15, 0.2) is 14.9 Å². The third kappa shape index (κ3) is 24.3. The third-order valence-electron chi connectivity index (χ3n) is 11.9. The molecule has 0 bridgehead atoms. The lowest BCUT2D eigenvalue weighted by atomic mass is 9.86. The Morgan fingerprint density at radius 2 is 1.68 bits per heavy atom. The van der Waals surface area contributed by atoms with Crippen LogP contribution in [0.25, 0.3) is 0 Å². The van der Waals surface area contributed by atoms with Gasteiger partial charge in [0.05, 0.1) is 13.2 Å². The first-order valence-electron chi connectivity index (χ1n) is 25.5. The van der Waals surface area contributed by atoms with Crippen LogP contribution in [0.2, 0.25) is 19.6 Å². The van der Waals surface area contributed by atoms with Crippen molar-refractivity contribution in [1.82, 2.24) is 5.32 Å². The number of carbonyl (C=O) groups excluding carboxylic acids is 4. The average Bonchev–Trinajstić information content (AvgIpc) is 3.35. The molecule has 0 aromatic heterocycles. The van der Waals surface area contributed by atoms with Crippen molar-refractivity contribution < 1.29 is 65.4 Å². The summed E-state index contributed by atoms with van der Waals surface area (Å²) < 4.78 is 69.0. The zero-order chi connectivity index (χ0) is 52.8. The monoisotopic (exact) mass is 1040 g/mol. The SMILES string of the molecule is C=CCOC(=O)NCC[C@](C=C[C@@H]1OC(=O)C=C[C@@H]1CC)(O[Si](C)(C)C)[C@@H](C[C@H](/C=C\C=C/[C@@H]1CCC[C@H](OC(=O)CCCC[C@@H](C)CC)C1)OC(=O)COc1ccccc1)OP(=O)(OCC=C)OCC=C. The van der Waals surface area contributed by atoms with Gasteiger partial charge in [0, 0.05) is 31.4 Å². The molecule has 17 heteroatoms. The molecular formula is C55H82NO14PSi. The number of phosphoric acid groups is 1. The molecule has 15 nitrogen and oxygen atoms in total. The van der Waals surface area contributed by atoms with E-state index in [2.05, 4.69) is 45.0 Å². The van der Waals surface area contributed by atoms with Crippen LogP contribution in [0.3, 0.4) is 0 Å². The Labute approximate surface area is 430 Å². The molecule has 1 fully saturated rings. The minimum absolute atomic E-state index is 0.0231. The van der Waals surface area contributed by atoms with E-state index >= 15 is 0 Å². The molecule has 2 aliphatic rings. The Bertz CT molecular complexity index is 2000. The number of unbranched alkanes of at least 4 members (excludes halogenated alkanes) is 1. The van der Waals surface area contributed by atoms with E-state index in [9.17, 15) is 23.7 Å². The van der Waals surface area contributed by atoms with Gasteiger partial charge in [0.2, 0.25) is 0 Å². The number of hydrogen-bond acceptors (Lipinski definition) is 14. The summed E-state index contributed by atoms with van der Waals surface area (Å²) in [6.07, 6.45) is 22.3. The largest absolute Gasteiger partial charge is 0.482 e. The maximum absolute atomic E-state index is 14.8. The smallest absolute Gasteiger partial charge is 0.475 e. The van der Waals surface area contributed by atoms with Crippen LogP contribution in [-0.2, 0) is 55.9 Å². The van der Waals surface area contributed by atoms with Crippen LogP contribution in [0.15, 0.2) is 117 Å². The maximum Gasteiger partial charge on any atom is 0.475 e. The lowest BCUT2D eigenvalue weighted by Crippen LogP contribution is -2.53. The van der Waals surface area contributed by atoms with Crippen molar-refractivity contribution in [2.45, 2.75) is 147 Å². The summed E-state index contributed by atoms with van der Waals surface area (Å²) in [7, 11) is -7.27. The van der Waals surface area contributed by atoms with Crippen LogP contribution >= 0.6 is 7.82 Å². The molecule has 72 heavy (non-hydrogen) atoms. The number of esters is 3. The Morgan fingerprint density at radius 3 is 2.35 bits per heavy atom. The zero-order valence-electron chi connectivity index (χ0n) is 43.6. The van der Waals surface area contributed by atoms with Crippen molar-refractivity contribution in [3.05, 3.63) is 117 Å². The molecular weight excluding hydrogens is 958 g/mol. The van der Waals surface area contributed by atoms with Crippen LogP contribution in [0.5, 0.6) is 5.75 Å². The van der Waals surface area contributed by atoms with Crippen LogP contribution in [0.1, 0.15) is 97.8 Å². The summed E-state index contributed by atoms with van der Waals surface area (Å²) in [5, 5.41) is 2.76. The quantitative estimate of drug-likeness (QED) is 0.0129. The molecule has 3 rings (SSSR count). The molecule has 1 aromatic rings. The number of nitrogens with one attached hydrogen (secondary N) is 1. The molecule has 1 heterocycles. The van der Waals surface area contributed by atoms with Gasteiger partial charge in [-0.05, 0) is 101 Å². The molecule has 1 aliphatic carbocycles. The molecule has 0 saturated heterocycles. The van der Waals surface area contributed by atoms with E-state index in [-0.39, 0.29) is 63.1 Å². The Hall–Kier alpha value is -4.83. The van der Waals surface area contributed by atoms with Gasteiger partial charge in [0.1, 0.15) is 42.4 Å². The predicted octanol–water partition coefficient (Wildman–Crippen LogP) is 12.0. The maximum atomic E-state index is 14.8. The molecule has 1 amide bonds. The summed E-state index contributed by atoms with van der Waals surface area (Å²) in [6.45, 7) is 22.3. The second-order valence-electron chi connectivity index (χ2n) is 19.1. The van der Waals surface area contributed by atoms with Gasteiger partial charge >= 0.3 is 31.8 Å². The minimum atomic E-state index is -4.54. The Kier molecular flexibility index (Phi) is 28.2. The standard InChI is InChI=1S/C55H82NO14PSi/c1-10-37-62-54(60)56-36-35-55(70-72(7,8)9,34-33-49-45(14-5)31-32-52(58)68-49)50(69-71(61,64-38-11-2)65-39-12-3)41-48(67-53(59)42-63-46-26-16-15-17-27-46)28-20-19-24-44-25-22-29-47(40-44)66-51(57)30-21-18-23-43(6)13-4/h10-12,15-17,19-20,24,26-28,31-34,43-45,47-50H,1-3,13-14,18,21-23,25,29-30,35-42H2,4-9H3,(H,56,60)/b24-19-,28-20-,34-33?/t43-,44+,45-,47-,48-,49-,50+,55-/m0/s1. The van der Waals surface area contributed by atoms with Crippen molar-refractivity contribution >= 4 is 40.1 Å². The number of alkyl carbamates (subject to hydrolysis) is 1. The lowest BCUT2D eigenvalue weighted by molar-refractivity contribution is -0.152. The number of hydrogen-bond donors (Lipinski definition) is 1. The summed E-state index contributed by atoms with van der Waals surface area (Å²) >= 11 is 0. The number of rotatable bonds is 35. The van der Waals surface area contributed by atoms with Crippen LogP contribution in [0, 0.1) is 17.8 Å². The number of ether oxygens (including phenoxy) is 5. The molecule has 8 atom stereocenters. The van der Waals surface area contributed by atoms with E-state index in [1.165, 1.54) is 24.3 Å². The van der Waals surface area contributed by atoms with E-state index in [0.29, 0.717) is 30.9 Å². The molecule has 1 saturated carbocycles. The first-order chi connectivity index (χ1) is 34.5. The van der Waals surface area contributed by atoms with Crippen molar-refractivity contribution in [3.8, 4) is 5.75 Å². The highest BCUT2D eigenvalue weighted by Gasteiger charge is 2.48. The number of carbonyl (C=O) groups is 4. The minimum Gasteiger partial charge on any atom is -0.482 e. The number of benzene rings is 1. The highest BCUT2D eigenvalue weighted by molar-refractivity contribution is 7.48. The molecule has 0 radical (unpaired) electrons. The number of allylic oxidation sites excluding steroid dienone is 3. The van der Waals surface area contributed by atoms with E-state index in [1.54, 1.807) is 54.6 Å². The first-order valence-corrected chi connectivity index (χ1v) is 30.3. The highest BCUT2D eigenvalue weighted by atomic mass is 31.2. The van der Waals surface area contributed by atoms with E-state index in [4.69, 9.17) is 41.7 Å². The third-order valence-corrected chi connectivity index (χ3v) is 14.4. The van der Waals surface area contributed by atoms with Crippen LogP contribution in [0.4, 0.5) is 4.79 Å². The summed E-state index contributed by atoms with van der Waals surface area (Å²) in [6, 6.07) is 8.82. The first kappa shape index (κ1) is 61.5. The second kappa shape index (κ2) is 33.1. The highest BCUT2D eigenvalue weighted by Crippen LogP contribution is 2.53. The zero-order valence-corrected chi connectivity index (χ0v) is 45.5. The molecule has 0 spiro atoms. The number of para-hydroxylation sites is 1. The Balaban J connectivity index is 2.13. The summed E-state index contributed by atoms with van der Waals surface area (Å²) in [4.78, 5) is 52.1. The summed E-state index contributed by atoms with van der Waals surface area (Å²) in [5.74, 6) is -0.369. The van der Waals surface area contributed by atoms with Gasteiger partial charge in [-0.15, -0.1) is 13.2 Å². The second-order valence-corrected chi connectivity index (χ2v) is 25.1. The van der Waals surface area contributed by atoms with Crippen LogP contribution < -0.4 is 10.1 Å². The van der Waals surface area contributed by atoms with E-state index in [0.717, 1.165) is 44.9 Å². The number of cyclic esters (lactones) is 1. The van der Waals surface area contributed by atoms with Gasteiger partial charge in [-0.2, -0.15) is 0 Å². The van der Waals surface area contributed by atoms with Gasteiger partial charge < -0.3 is 33.4 Å². The normalized spacial score (nSPS) is 20.5. The molecule has 0 unspecified atom stereocenters.